The van der Waals surface area contributed by atoms with E-state index in [1.54, 1.807) is 0 Å². The second-order valence-corrected chi connectivity index (χ2v) is 8.61. The first-order chi connectivity index (χ1) is 15.1. The van der Waals surface area contributed by atoms with Gasteiger partial charge in [-0.3, -0.25) is 9.63 Å². The Balaban J connectivity index is 1.22. The minimum Gasteiger partial charge on any atom is -0.330 e. The third-order valence-electron chi connectivity index (χ3n) is 6.57. The Labute approximate surface area is 179 Å². The minimum absolute atomic E-state index is 0.0706. The minimum atomic E-state index is -0.637. The van der Waals surface area contributed by atoms with Gasteiger partial charge in [0.25, 0.3) is 0 Å². The molecule has 0 bridgehead atoms. The summed E-state index contributed by atoms with van der Waals surface area (Å²) in [7, 11) is 0. The lowest BCUT2D eigenvalue weighted by atomic mass is 9.81. The van der Waals surface area contributed by atoms with Crippen LogP contribution in [0.25, 0.3) is 11.0 Å². The van der Waals surface area contributed by atoms with Gasteiger partial charge in [0, 0.05) is 24.9 Å². The molecule has 2 aromatic carbocycles. The molecule has 1 saturated heterocycles. The summed E-state index contributed by atoms with van der Waals surface area (Å²) in [5.74, 6) is -0.966. The molecule has 3 aromatic rings. The van der Waals surface area contributed by atoms with Gasteiger partial charge in [-0.25, -0.2) is 18.8 Å². The molecule has 1 atom stereocenters. The number of rotatable bonds is 4. The second-order valence-electron chi connectivity index (χ2n) is 8.61. The Morgan fingerprint density at radius 2 is 1.77 bits per heavy atom. The summed E-state index contributed by atoms with van der Waals surface area (Å²) in [4.78, 5) is 23.2. The van der Waals surface area contributed by atoms with Gasteiger partial charge in [-0.2, -0.15) is 0 Å². The third-order valence-corrected chi connectivity index (χ3v) is 6.57. The number of hydrogen-bond acceptors (Lipinski definition) is 3. The van der Waals surface area contributed by atoms with E-state index in [-0.39, 0.29) is 11.8 Å². The molecule has 2 fully saturated rings. The Kier molecular flexibility index (Phi) is 5.44. The quantitative estimate of drug-likeness (QED) is 0.589. The Morgan fingerprint density at radius 1 is 1.03 bits per heavy atom. The highest BCUT2D eigenvalue weighted by Gasteiger charge is 2.37. The van der Waals surface area contributed by atoms with Crippen molar-refractivity contribution < 1.29 is 18.4 Å². The van der Waals surface area contributed by atoms with Gasteiger partial charge in [0.15, 0.2) is 0 Å². The van der Waals surface area contributed by atoms with Gasteiger partial charge in [-0.15, -0.1) is 0 Å². The van der Waals surface area contributed by atoms with Gasteiger partial charge < -0.3 is 4.57 Å². The number of para-hydroxylation sites is 2. The maximum absolute atomic E-state index is 13.7. The second kappa shape index (κ2) is 8.38. The van der Waals surface area contributed by atoms with E-state index in [9.17, 15) is 13.6 Å². The van der Waals surface area contributed by atoms with Gasteiger partial charge in [-0.1, -0.05) is 12.1 Å². The van der Waals surface area contributed by atoms with Crippen LogP contribution in [0, 0.1) is 23.5 Å². The van der Waals surface area contributed by atoms with Crippen LogP contribution in [0.15, 0.2) is 48.8 Å². The van der Waals surface area contributed by atoms with Crippen LogP contribution in [0.1, 0.15) is 43.7 Å². The molecule has 1 aliphatic carbocycles. The molecule has 1 aliphatic heterocycles. The predicted octanol–water partition coefficient (Wildman–Crippen LogP) is 5.03. The van der Waals surface area contributed by atoms with Crippen molar-refractivity contribution in [2.75, 3.05) is 6.61 Å². The lowest BCUT2D eigenvalue weighted by molar-refractivity contribution is -0.183. The maximum atomic E-state index is 13.7. The lowest BCUT2D eigenvalue weighted by Crippen LogP contribution is -2.37. The van der Waals surface area contributed by atoms with E-state index < -0.39 is 17.7 Å². The maximum Gasteiger partial charge on any atom is 0.249 e. The van der Waals surface area contributed by atoms with E-state index in [0.717, 1.165) is 49.3 Å². The van der Waals surface area contributed by atoms with E-state index in [2.05, 4.69) is 15.6 Å². The van der Waals surface area contributed by atoms with Gasteiger partial charge in [0.2, 0.25) is 5.91 Å². The number of carbonyl (C=O) groups excluding carboxylic acids is 1. The van der Waals surface area contributed by atoms with Crippen molar-refractivity contribution in [1.82, 2.24) is 14.6 Å². The van der Waals surface area contributed by atoms with Crippen molar-refractivity contribution in [2.45, 2.75) is 44.7 Å². The first-order valence-electron chi connectivity index (χ1n) is 10.9. The van der Waals surface area contributed by atoms with Crippen molar-refractivity contribution in [3.63, 3.8) is 0 Å². The number of nitrogens with zero attached hydrogens (tertiary/aromatic N) is 3. The summed E-state index contributed by atoms with van der Waals surface area (Å²) in [5.41, 5.74) is 2.58. The summed E-state index contributed by atoms with van der Waals surface area (Å²) in [5, 5.41) is 1.36. The zero-order chi connectivity index (χ0) is 21.4. The van der Waals surface area contributed by atoms with Crippen LogP contribution in [0.3, 0.4) is 0 Å². The average molecular weight is 425 g/mol. The Hall–Kier alpha value is -2.80. The van der Waals surface area contributed by atoms with Crippen molar-refractivity contribution in [1.29, 1.82) is 0 Å². The van der Waals surface area contributed by atoms with Crippen LogP contribution in [-0.2, 0) is 16.2 Å². The fourth-order valence-corrected chi connectivity index (χ4v) is 4.96. The van der Waals surface area contributed by atoms with Crippen LogP contribution in [-0.4, -0.2) is 27.1 Å². The molecule has 7 heteroatoms. The number of benzene rings is 2. The van der Waals surface area contributed by atoms with Crippen LogP contribution < -0.4 is 0 Å². The molecule has 2 aliphatic rings. The van der Waals surface area contributed by atoms with E-state index in [0.29, 0.717) is 24.5 Å². The SMILES string of the molecule is O=C(C1CCC(Cn2cnc3ccccc32)CC1)N1OCC[C@H]1c1cc(F)cc(F)c1. The summed E-state index contributed by atoms with van der Waals surface area (Å²) in [6, 6.07) is 11.1. The molecule has 1 amide bonds. The molecule has 31 heavy (non-hydrogen) atoms. The topological polar surface area (TPSA) is 47.4 Å². The summed E-state index contributed by atoms with van der Waals surface area (Å²) in [6.07, 6.45) is 5.92. The van der Waals surface area contributed by atoms with Crippen molar-refractivity contribution in [3.05, 3.63) is 66.0 Å². The Bertz CT molecular complexity index is 1070. The molecule has 162 valence electrons. The van der Waals surface area contributed by atoms with Crippen molar-refractivity contribution in [2.24, 2.45) is 11.8 Å². The molecule has 1 aromatic heterocycles. The molecule has 1 saturated carbocycles. The largest absolute Gasteiger partial charge is 0.330 e. The molecule has 5 nitrogen and oxygen atoms in total. The third kappa shape index (κ3) is 4.06. The van der Waals surface area contributed by atoms with E-state index in [1.807, 2.05) is 24.5 Å². The molecule has 2 heterocycles. The first-order valence-corrected chi connectivity index (χ1v) is 10.9. The van der Waals surface area contributed by atoms with E-state index in [4.69, 9.17) is 4.84 Å². The molecular formula is C24H25F2N3O2. The molecular weight excluding hydrogens is 400 g/mol. The zero-order valence-corrected chi connectivity index (χ0v) is 17.2. The van der Waals surface area contributed by atoms with E-state index in [1.165, 1.54) is 17.2 Å². The number of fused-ring (bicyclic) bond motifs is 1. The Morgan fingerprint density at radius 3 is 2.55 bits per heavy atom. The number of hydroxylamine groups is 2. The number of halogens is 2. The van der Waals surface area contributed by atoms with Crippen molar-refractivity contribution >= 4 is 16.9 Å². The normalized spacial score (nSPS) is 24.1. The fraction of sp³-hybridized carbons (Fsp3) is 0.417. The molecule has 0 unspecified atom stereocenters. The van der Waals surface area contributed by atoms with Crippen molar-refractivity contribution in [3.8, 4) is 0 Å². The fourth-order valence-electron chi connectivity index (χ4n) is 4.96. The number of hydrogen-bond donors (Lipinski definition) is 0. The first kappa shape index (κ1) is 20.1. The van der Waals surface area contributed by atoms with Gasteiger partial charge in [0.1, 0.15) is 11.6 Å². The number of aromatic nitrogens is 2. The number of carbonyl (C=O) groups is 1. The summed E-state index contributed by atoms with van der Waals surface area (Å²) >= 11 is 0. The highest BCUT2D eigenvalue weighted by molar-refractivity contribution is 5.78. The highest BCUT2D eigenvalue weighted by Crippen LogP contribution is 2.37. The number of imidazole rings is 1. The van der Waals surface area contributed by atoms with Crippen LogP contribution in [0.5, 0.6) is 0 Å². The number of amides is 1. The average Bonchev–Trinajstić information content (AvgIpc) is 3.41. The van der Waals surface area contributed by atoms with E-state index >= 15 is 0 Å². The van der Waals surface area contributed by atoms with Crippen LogP contribution in [0.4, 0.5) is 8.78 Å². The van der Waals surface area contributed by atoms with Crippen LogP contribution in [0.2, 0.25) is 0 Å². The summed E-state index contributed by atoms with van der Waals surface area (Å²) < 4.78 is 29.5. The lowest BCUT2D eigenvalue weighted by Gasteiger charge is -2.32. The predicted molar refractivity (Wildman–Crippen MR) is 112 cm³/mol. The molecule has 0 N–H and O–H groups in total. The van der Waals surface area contributed by atoms with Crippen LogP contribution >= 0.6 is 0 Å². The smallest absolute Gasteiger partial charge is 0.249 e. The zero-order valence-electron chi connectivity index (χ0n) is 17.2. The molecule has 5 rings (SSSR count). The van der Waals surface area contributed by atoms with Gasteiger partial charge >= 0.3 is 0 Å². The van der Waals surface area contributed by atoms with Gasteiger partial charge in [0.05, 0.1) is 30.0 Å². The standard InChI is InChI=1S/C24H25F2N3O2/c25-19-11-18(12-20(26)13-19)22-9-10-31-29(22)24(30)17-7-5-16(6-8-17)14-28-15-27-21-3-1-2-4-23(21)28/h1-4,11-13,15-17,22H,5-10,14H2/t16?,17?,22-/m0/s1. The summed E-state index contributed by atoms with van der Waals surface area (Å²) in [6.45, 7) is 1.27. The van der Waals surface area contributed by atoms with Gasteiger partial charge in [-0.05, 0) is 61.4 Å². The monoisotopic (exact) mass is 425 g/mol. The highest BCUT2D eigenvalue weighted by atomic mass is 19.1. The molecule has 0 radical (unpaired) electrons. The molecule has 0 spiro atoms.